The molecule has 0 fully saturated rings. The summed E-state index contributed by atoms with van der Waals surface area (Å²) < 4.78 is 37.2. The smallest absolute Gasteiger partial charge is 0.328 e. The highest BCUT2D eigenvalue weighted by atomic mass is 32.2. The minimum Gasteiger partial charge on any atom is -0.328 e. The number of rotatable bonds is 6. The Morgan fingerprint density at radius 2 is 2.05 bits per heavy atom. The Morgan fingerprint density at radius 1 is 1.40 bits per heavy atom. The Labute approximate surface area is 120 Å². The summed E-state index contributed by atoms with van der Waals surface area (Å²) >= 11 is -0.237. The van der Waals surface area contributed by atoms with Gasteiger partial charge in [0.25, 0.3) is 0 Å². The van der Waals surface area contributed by atoms with Crippen molar-refractivity contribution in [3.8, 4) is 0 Å². The van der Waals surface area contributed by atoms with Gasteiger partial charge in [0.2, 0.25) is 5.91 Å². The standard InChI is InChI=1S/C13H17F3N2OS/c1-9(17)5-4-8-12(19)18-10-6-2-3-7-11(10)20-13(14,15)16/h2-3,6-7,9H,4-5,8,17H2,1H3,(H,18,19). The van der Waals surface area contributed by atoms with Crippen LogP contribution in [-0.2, 0) is 4.79 Å². The van der Waals surface area contributed by atoms with Crippen LogP contribution in [-0.4, -0.2) is 17.5 Å². The number of hydrogen-bond acceptors (Lipinski definition) is 3. The monoisotopic (exact) mass is 306 g/mol. The number of hydrogen-bond donors (Lipinski definition) is 2. The van der Waals surface area contributed by atoms with Gasteiger partial charge in [-0.25, -0.2) is 0 Å². The number of amides is 1. The van der Waals surface area contributed by atoms with Crippen molar-refractivity contribution in [3.63, 3.8) is 0 Å². The number of anilines is 1. The molecule has 0 aliphatic carbocycles. The Kier molecular flexibility index (Phi) is 6.35. The van der Waals surface area contributed by atoms with Crippen LogP contribution in [0.25, 0.3) is 0 Å². The van der Waals surface area contributed by atoms with Gasteiger partial charge in [-0.05, 0) is 43.7 Å². The van der Waals surface area contributed by atoms with E-state index in [0.29, 0.717) is 12.8 Å². The normalized spacial score (nSPS) is 13.1. The van der Waals surface area contributed by atoms with Crippen molar-refractivity contribution in [2.75, 3.05) is 5.32 Å². The van der Waals surface area contributed by atoms with Crippen molar-refractivity contribution in [3.05, 3.63) is 24.3 Å². The topological polar surface area (TPSA) is 55.1 Å². The van der Waals surface area contributed by atoms with E-state index in [1.54, 1.807) is 6.07 Å². The second-order valence-corrected chi connectivity index (χ2v) is 5.57. The highest BCUT2D eigenvalue weighted by Crippen LogP contribution is 2.40. The Balaban J connectivity index is 2.61. The van der Waals surface area contributed by atoms with Crippen LogP contribution in [0.5, 0.6) is 0 Å². The molecule has 0 heterocycles. The van der Waals surface area contributed by atoms with Crippen LogP contribution in [0.4, 0.5) is 18.9 Å². The predicted octanol–water partition coefficient (Wildman–Crippen LogP) is 3.75. The molecule has 0 aliphatic heterocycles. The van der Waals surface area contributed by atoms with Crippen LogP contribution in [0.2, 0.25) is 0 Å². The second-order valence-electron chi connectivity index (χ2n) is 4.46. The summed E-state index contributed by atoms with van der Waals surface area (Å²) in [5, 5.41) is 2.51. The molecule has 1 aromatic carbocycles. The number of halogens is 3. The zero-order valence-electron chi connectivity index (χ0n) is 11.0. The molecule has 112 valence electrons. The average Bonchev–Trinajstić information content (AvgIpc) is 2.29. The van der Waals surface area contributed by atoms with Gasteiger partial charge in [-0.2, -0.15) is 13.2 Å². The van der Waals surface area contributed by atoms with Gasteiger partial charge in [0, 0.05) is 17.4 Å². The van der Waals surface area contributed by atoms with Crippen LogP contribution in [0, 0.1) is 0 Å². The van der Waals surface area contributed by atoms with E-state index in [9.17, 15) is 18.0 Å². The molecule has 0 spiro atoms. The highest BCUT2D eigenvalue weighted by molar-refractivity contribution is 8.00. The lowest BCUT2D eigenvalue weighted by atomic mass is 10.1. The Hall–Kier alpha value is -1.21. The molecular formula is C13H17F3N2OS. The van der Waals surface area contributed by atoms with Crippen molar-refractivity contribution in [1.82, 2.24) is 0 Å². The van der Waals surface area contributed by atoms with Gasteiger partial charge in [0.05, 0.1) is 5.69 Å². The van der Waals surface area contributed by atoms with Crippen LogP contribution in [0.15, 0.2) is 29.2 Å². The van der Waals surface area contributed by atoms with E-state index in [-0.39, 0.29) is 40.7 Å². The fourth-order valence-electron chi connectivity index (χ4n) is 1.58. The number of carbonyl (C=O) groups excluding carboxylic acids is 1. The molecule has 0 bridgehead atoms. The third kappa shape index (κ3) is 6.81. The van der Waals surface area contributed by atoms with E-state index in [2.05, 4.69) is 5.32 Å². The molecule has 0 saturated carbocycles. The van der Waals surface area contributed by atoms with Crippen molar-refractivity contribution in [2.45, 2.75) is 42.6 Å². The lowest BCUT2D eigenvalue weighted by Gasteiger charge is -2.12. The fraction of sp³-hybridized carbons (Fsp3) is 0.462. The summed E-state index contributed by atoms with van der Waals surface area (Å²) in [6.45, 7) is 1.84. The van der Waals surface area contributed by atoms with Gasteiger partial charge >= 0.3 is 5.51 Å². The number of nitrogens with two attached hydrogens (primary N) is 1. The molecule has 0 aromatic heterocycles. The average molecular weight is 306 g/mol. The lowest BCUT2D eigenvalue weighted by Crippen LogP contribution is -2.17. The van der Waals surface area contributed by atoms with Gasteiger partial charge in [-0.15, -0.1) is 0 Å². The summed E-state index contributed by atoms with van der Waals surface area (Å²) in [6.07, 6.45) is 1.55. The Morgan fingerprint density at radius 3 is 2.65 bits per heavy atom. The van der Waals surface area contributed by atoms with Gasteiger partial charge in [-0.1, -0.05) is 12.1 Å². The van der Waals surface area contributed by atoms with Crippen LogP contribution in [0.3, 0.4) is 0 Å². The van der Waals surface area contributed by atoms with Crippen molar-refractivity contribution in [2.24, 2.45) is 5.73 Å². The first kappa shape index (κ1) is 16.8. The first-order valence-electron chi connectivity index (χ1n) is 6.18. The number of thioether (sulfide) groups is 1. The number of carbonyl (C=O) groups is 1. The zero-order valence-corrected chi connectivity index (χ0v) is 11.9. The van der Waals surface area contributed by atoms with E-state index in [1.165, 1.54) is 18.2 Å². The summed E-state index contributed by atoms with van der Waals surface area (Å²) in [7, 11) is 0. The molecule has 3 N–H and O–H groups in total. The summed E-state index contributed by atoms with van der Waals surface area (Å²) in [5.74, 6) is -0.305. The minimum absolute atomic E-state index is 0.0101. The van der Waals surface area contributed by atoms with E-state index >= 15 is 0 Å². The third-order valence-corrected chi connectivity index (χ3v) is 3.26. The van der Waals surface area contributed by atoms with E-state index in [0.717, 1.165) is 0 Å². The molecule has 1 amide bonds. The number of alkyl halides is 3. The van der Waals surface area contributed by atoms with Crippen LogP contribution < -0.4 is 11.1 Å². The Bertz CT molecular complexity index is 449. The molecule has 1 rings (SSSR count). The number of benzene rings is 1. The van der Waals surface area contributed by atoms with Crippen LogP contribution >= 0.6 is 11.8 Å². The largest absolute Gasteiger partial charge is 0.446 e. The molecule has 1 aromatic rings. The molecule has 7 heteroatoms. The molecule has 1 atom stereocenters. The van der Waals surface area contributed by atoms with Gasteiger partial charge in [0.1, 0.15) is 0 Å². The molecule has 0 saturated heterocycles. The fourth-order valence-corrected chi connectivity index (χ4v) is 2.21. The second kappa shape index (κ2) is 7.54. The first-order valence-corrected chi connectivity index (χ1v) is 7.00. The van der Waals surface area contributed by atoms with E-state index < -0.39 is 5.51 Å². The van der Waals surface area contributed by atoms with Gasteiger partial charge < -0.3 is 11.1 Å². The lowest BCUT2D eigenvalue weighted by molar-refractivity contribution is -0.116. The molecule has 20 heavy (non-hydrogen) atoms. The minimum atomic E-state index is -4.38. The quantitative estimate of drug-likeness (QED) is 0.787. The molecule has 0 radical (unpaired) electrons. The summed E-state index contributed by atoms with van der Waals surface area (Å²) in [6, 6.07) is 5.88. The third-order valence-electron chi connectivity index (χ3n) is 2.45. The molecular weight excluding hydrogens is 289 g/mol. The van der Waals surface area contributed by atoms with Crippen molar-refractivity contribution < 1.29 is 18.0 Å². The van der Waals surface area contributed by atoms with E-state index in [1.807, 2.05) is 6.92 Å². The van der Waals surface area contributed by atoms with Crippen molar-refractivity contribution >= 4 is 23.4 Å². The maximum Gasteiger partial charge on any atom is 0.446 e. The molecule has 1 unspecified atom stereocenters. The predicted molar refractivity (Wildman–Crippen MR) is 74.5 cm³/mol. The van der Waals surface area contributed by atoms with Crippen LogP contribution in [0.1, 0.15) is 26.2 Å². The maximum absolute atomic E-state index is 12.4. The first-order chi connectivity index (χ1) is 9.28. The summed E-state index contributed by atoms with van der Waals surface area (Å²) in [4.78, 5) is 11.7. The molecule has 3 nitrogen and oxygen atoms in total. The molecule has 0 aliphatic rings. The SMILES string of the molecule is CC(N)CCCC(=O)Nc1ccccc1SC(F)(F)F. The van der Waals surface area contributed by atoms with Gasteiger partial charge in [-0.3, -0.25) is 4.79 Å². The number of nitrogens with one attached hydrogen (secondary N) is 1. The van der Waals surface area contributed by atoms with Crippen molar-refractivity contribution in [1.29, 1.82) is 0 Å². The van der Waals surface area contributed by atoms with Gasteiger partial charge in [0.15, 0.2) is 0 Å². The highest BCUT2D eigenvalue weighted by Gasteiger charge is 2.30. The summed E-state index contributed by atoms with van der Waals surface area (Å²) in [5.41, 5.74) is 1.37. The zero-order chi connectivity index (χ0) is 15.2. The van der Waals surface area contributed by atoms with E-state index in [4.69, 9.17) is 5.73 Å². The maximum atomic E-state index is 12.4. The number of para-hydroxylation sites is 1.